The smallest absolute Gasteiger partial charge is 0.416 e. The van der Waals surface area contributed by atoms with E-state index in [1.54, 1.807) is 32.9 Å². The maximum Gasteiger partial charge on any atom is 0.416 e. The molecule has 0 heterocycles. The zero-order valence-electron chi connectivity index (χ0n) is 18.7. The number of alkyl halides is 3. The number of carboxylic acid groups (broad SMARTS) is 1. The van der Waals surface area contributed by atoms with Crippen LogP contribution in [0.15, 0.2) is 54.6 Å². The Morgan fingerprint density at radius 3 is 2.12 bits per heavy atom. The monoisotopic (exact) mass is 477 g/mol. The number of nitrogens with one attached hydrogen (secondary N) is 1. The van der Waals surface area contributed by atoms with Gasteiger partial charge in [-0.2, -0.15) is 13.2 Å². The summed E-state index contributed by atoms with van der Waals surface area (Å²) in [6.45, 7) is 4.70. The Labute approximate surface area is 193 Å². The number of rotatable bonds is 6. The van der Waals surface area contributed by atoms with Gasteiger partial charge >= 0.3 is 12.1 Å². The van der Waals surface area contributed by atoms with Gasteiger partial charge in [0.2, 0.25) is 0 Å². The number of halogens is 4. The highest BCUT2D eigenvalue weighted by Crippen LogP contribution is 2.34. The fourth-order valence-electron chi connectivity index (χ4n) is 3.43. The summed E-state index contributed by atoms with van der Waals surface area (Å²) in [5, 5.41) is 12.4. The number of carbonyl (C=O) groups is 2. The van der Waals surface area contributed by atoms with Crippen LogP contribution in [0.2, 0.25) is 0 Å². The summed E-state index contributed by atoms with van der Waals surface area (Å²) < 4.78 is 59.0. The second-order valence-electron chi connectivity index (χ2n) is 8.87. The third-order valence-electron chi connectivity index (χ3n) is 5.24. The van der Waals surface area contributed by atoms with E-state index in [1.165, 1.54) is 24.3 Å². The van der Waals surface area contributed by atoms with Crippen LogP contribution >= 0.6 is 0 Å². The second kappa shape index (κ2) is 9.32. The molecular formula is C25H23F4NO4. The van der Waals surface area contributed by atoms with Crippen LogP contribution in [-0.4, -0.2) is 23.0 Å². The quantitative estimate of drug-likeness (QED) is 0.440. The number of benzene rings is 3. The van der Waals surface area contributed by atoms with Gasteiger partial charge in [0, 0.05) is 10.8 Å². The standard InChI is InChI=1S/C25H23F4NO4/c1-24(2,3)21(23(32)33)30-22(31)18-12-19(26)16-6-4-5-7-17(16)20(18)34-13-14-8-10-15(11-9-14)25(27,28)29/h4-12,21H,13H2,1-3H3,(H,30,31)(H,32,33). The lowest BCUT2D eigenvalue weighted by atomic mass is 9.86. The third kappa shape index (κ3) is 5.47. The van der Waals surface area contributed by atoms with E-state index in [4.69, 9.17) is 4.74 Å². The molecule has 0 aliphatic heterocycles. The SMILES string of the molecule is CC(C)(C)C(NC(=O)c1cc(F)c2ccccc2c1OCc1ccc(C(F)(F)F)cc1)C(=O)O. The first-order valence-electron chi connectivity index (χ1n) is 10.3. The van der Waals surface area contributed by atoms with E-state index >= 15 is 0 Å². The van der Waals surface area contributed by atoms with Crippen LogP contribution in [0.1, 0.15) is 42.3 Å². The van der Waals surface area contributed by atoms with Crippen molar-refractivity contribution in [3.63, 3.8) is 0 Å². The van der Waals surface area contributed by atoms with Crippen LogP contribution in [0.4, 0.5) is 17.6 Å². The molecule has 5 nitrogen and oxygen atoms in total. The highest BCUT2D eigenvalue weighted by atomic mass is 19.4. The lowest BCUT2D eigenvalue weighted by Gasteiger charge is -2.28. The Hall–Kier alpha value is -3.62. The molecule has 9 heteroatoms. The average molecular weight is 477 g/mol. The summed E-state index contributed by atoms with van der Waals surface area (Å²) in [7, 11) is 0. The maximum atomic E-state index is 14.8. The summed E-state index contributed by atoms with van der Waals surface area (Å²) in [6.07, 6.45) is -4.48. The molecule has 180 valence electrons. The first kappa shape index (κ1) is 25.0. The zero-order chi connectivity index (χ0) is 25.3. The largest absolute Gasteiger partial charge is 0.487 e. The molecule has 3 aromatic carbocycles. The van der Waals surface area contributed by atoms with E-state index in [1.807, 2.05) is 0 Å². The molecule has 0 radical (unpaired) electrons. The van der Waals surface area contributed by atoms with Crippen LogP contribution in [0.3, 0.4) is 0 Å². The second-order valence-corrected chi connectivity index (χ2v) is 8.87. The number of carbonyl (C=O) groups excluding carboxylic acids is 1. The minimum absolute atomic E-state index is 0.00699. The Bertz CT molecular complexity index is 1210. The lowest BCUT2D eigenvalue weighted by molar-refractivity contribution is -0.142. The fraction of sp³-hybridized carbons (Fsp3) is 0.280. The van der Waals surface area contributed by atoms with Gasteiger partial charge in [-0.25, -0.2) is 9.18 Å². The van der Waals surface area contributed by atoms with Gasteiger partial charge in [-0.15, -0.1) is 0 Å². The van der Waals surface area contributed by atoms with Crippen LogP contribution < -0.4 is 10.1 Å². The Morgan fingerprint density at radius 1 is 1.00 bits per heavy atom. The highest BCUT2D eigenvalue weighted by molar-refractivity contribution is 6.05. The minimum atomic E-state index is -4.48. The zero-order valence-corrected chi connectivity index (χ0v) is 18.7. The van der Waals surface area contributed by atoms with E-state index in [-0.39, 0.29) is 28.7 Å². The molecule has 0 bridgehead atoms. The van der Waals surface area contributed by atoms with Crippen molar-refractivity contribution in [3.8, 4) is 5.75 Å². The van der Waals surface area contributed by atoms with E-state index in [2.05, 4.69) is 5.32 Å². The van der Waals surface area contributed by atoms with Crippen molar-refractivity contribution in [3.05, 3.63) is 77.1 Å². The van der Waals surface area contributed by atoms with Crippen LogP contribution in [-0.2, 0) is 17.6 Å². The molecule has 3 aromatic rings. The number of aliphatic carboxylic acids is 1. The van der Waals surface area contributed by atoms with Crippen molar-refractivity contribution in [2.75, 3.05) is 0 Å². The van der Waals surface area contributed by atoms with Gasteiger partial charge < -0.3 is 15.2 Å². The maximum absolute atomic E-state index is 14.8. The minimum Gasteiger partial charge on any atom is -0.487 e. The van der Waals surface area contributed by atoms with Crippen molar-refractivity contribution >= 4 is 22.6 Å². The first-order chi connectivity index (χ1) is 15.8. The number of amides is 1. The van der Waals surface area contributed by atoms with Crippen LogP contribution in [0.25, 0.3) is 10.8 Å². The van der Waals surface area contributed by atoms with Crippen LogP contribution in [0, 0.1) is 11.2 Å². The summed E-state index contributed by atoms with van der Waals surface area (Å²) in [6, 6.07) is 10.3. The van der Waals surface area contributed by atoms with Crippen molar-refractivity contribution < 1.29 is 37.0 Å². The summed E-state index contributed by atoms with van der Waals surface area (Å²) in [5.74, 6) is -2.82. The molecule has 1 atom stereocenters. The van der Waals surface area contributed by atoms with Gasteiger partial charge in [0.05, 0.1) is 11.1 Å². The van der Waals surface area contributed by atoms with E-state index in [0.717, 1.165) is 18.2 Å². The molecule has 0 aliphatic carbocycles. The van der Waals surface area contributed by atoms with E-state index in [0.29, 0.717) is 5.56 Å². The average Bonchev–Trinajstić information content (AvgIpc) is 2.75. The number of ether oxygens (including phenoxy) is 1. The number of fused-ring (bicyclic) bond motifs is 1. The number of hydrogen-bond acceptors (Lipinski definition) is 3. The summed E-state index contributed by atoms with van der Waals surface area (Å²) in [5.41, 5.74) is -1.48. The topological polar surface area (TPSA) is 75.6 Å². The normalized spacial score (nSPS) is 12.9. The third-order valence-corrected chi connectivity index (χ3v) is 5.24. The summed E-state index contributed by atoms with van der Waals surface area (Å²) in [4.78, 5) is 24.7. The molecule has 3 rings (SSSR count). The molecular weight excluding hydrogens is 454 g/mol. The van der Waals surface area contributed by atoms with Gasteiger partial charge in [0.15, 0.2) is 0 Å². The van der Waals surface area contributed by atoms with Gasteiger partial charge in [0.25, 0.3) is 5.91 Å². The Kier molecular flexibility index (Phi) is 6.86. The highest BCUT2D eigenvalue weighted by Gasteiger charge is 2.34. The molecule has 0 saturated carbocycles. The number of carboxylic acids is 1. The molecule has 0 aliphatic rings. The molecule has 34 heavy (non-hydrogen) atoms. The molecule has 2 N–H and O–H groups in total. The van der Waals surface area contributed by atoms with Gasteiger partial charge in [-0.1, -0.05) is 57.2 Å². The summed E-state index contributed by atoms with van der Waals surface area (Å²) >= 11 is 0. The van der Waals surface area contributed by atoms with Gasteiger partial charge in [-0.05, 0) is 29.2 Å². The van der Waals surface area contributed by atoms with E-state index in [9.17, 15) is 32.3 Å². The predicted molar refractivity (Wildman–Crippen MR) is 118 cm³/mol. The predicted octanol–water partition coefficient (Wildman–Crippen LogP) is 5.81. The van der Waals surface area contributed by atoms with Crippen molar-refractivity contribution in [1.29, 1.82) is 0 Å². The molecule has 1 unspecified atom stereocenters. The number of hydrogen-bond donors (Lipinski definition) is 2. The molecule has 0 aromatic heterocycles. The van der Waals surface area contributed by atoms with E-state index < -0.39 is 40.9 Å². The van der Waals surface area contributed by atoms with Crippen LogP contribution in [0.5, 0.6) is 5.75 Å². The van der Waals surface area contributed by atoms with Crippen molar-refractivity contribution in [2.45, 2.75) is 39.6 Å². The lowest BCUT2D eigenvalue weighted by Crippen LogP contribution is -2.49. The van der Waals surface area contributed by atoms with Crippen molar-refractivity contribution in [2.24, 2.45) is 5.41 Å². The molecule has 1 amide bonds. The Balaban J connectivity index is 1.99. The first-order valence-corrected chi connectivity index (χ1v) is 10.3. The van der Waals surface area contributed by atoms with Gasteiger partial charge in [-0.3, -0.25) is 4.79 Å². The fourth-order valence-corrected chi connectivity index (χ4v) is 3.43. The van der Waals surface area contributed by atoms with Crippen molar-refractivity contribution in [1.82, 2.24) is 5.32 Å². The van der Waals surface area contributed by atoms with Gasteiger partial charge in [0.1, 0.15) is 24.2 Å². The molecule has 0 saturated heterocycles. The molecule has 0 spiro atoms. The Morgan fingerprint density at radius 2 is 1.59 bits per heavy atom. The molecule has 0 fully saturated rings.